The molecule has 1 saturated heterocycles. The molecular formula is C18H18FN3O. The molecule has 3 aromatic rings. The van der Waals surface area contributed by atoms with Crippen LogP contribution in [-0.2, 0) is 12.1 Å². The largest absolute Gasteiger partial charge is 0.384 e. The molecule has 1 aromatic heterocycles. The van der Waals surface area contributed by atoms with Gasteiger partial charge in [0.15, 0.2) is 0 Å². The fourth-order valence-corrected chi connectivity index (χ4v) is 3.34. The van der Waals surface area contributed by atoms with Gasteiger partial charge in [0.1, 0.15) is 11.4 Å². The second kappa shape index (κ2) is 5.44. The van der Waals surface area contributed by atoms with Gasteiger partial charge in [-0.05, 0) is 35.7 Å². The molecule has 2 heterocycles. The smallest absolute Gasteiger partial charge is 0.123 e. The van der Waals surface area contributed by atoms with E-state index in [1.807, 2.05) is 6.20 Å². The first-order valence-corrected chi connectivity index (χ1v) is 7.75. The monoisotopic (exact) mass is 311 g/mol. The lowest BCUT2D eigenvalue weighted by Gasteiger charge is -2.24. The number of H-pyrrole nitrogens is 1. The van der Waals surface area contributed by atoms with E-state index >= 15 is 0 Å². The maximum absolute atomic E-state index is 13.1. The number of halogens is 1. The van der Waals surface area contributed by atoms with Crippen molar-refractivity contribution >= 4 is 10.9 Å². The summed E-state index contributed by atoms with van der Waals surface area (Å²) in [5.74, 6) is -0.278. The molecule has 4 rings (SSSR count). The maximum atomic E-state index is 13.1. The summed E-state index contributed by atoms with van der Waals surface area (Å²) in [6, 6.07) is 12.4. The molecule has 1 aliphatic rings. The molecule has 0 aliphatic carbocycles. The van der Waals surface area contributed by atoms with Crippen LogP contribution in [0.5, 0.6) is 0 Å². The third-order valence-corrected chi connectivity index (χ3v) is 4.62. The first-order chi connectivity index (χ1) is 11.1. The van der Waals surface area contributed by atoms with E-state index in [1.54, 1.807) is 12.1 Å². The van der Waals surface area contributed by atoms with Gasteiger partial charge in [0.2, 0.25) is 0 Å². The van der Waals surface area contributed by atoms with Gasteiger partial charge >= 0.3 is 0 Å². The van der Waals surface area contributed by atoms with Gasteiger partial charge < -0.3 is 5.11 Å². The normalized spacial score (nSPS) is 22.0. The van der Waals surface area contributed by atoms with E-state index < -0.39 is 5.60 Å². The Bertz CT molecular complexity index is 830. The molecule has 0 saturated carbocycles. The van der Waals surface area contributed by atoms with Gasteiger partial charge in [0, 0.05) is 25.0 Å². The molecule has 0 radical (unpaired) electrons. The van der Waals surface area contributed by atoms with E-state index in [0.717, 1.165) is 29.6 Å². The zero-order valence-electron chi connectivity index (χ0n) is 12.7. The number of aromatic nitrogens is 2. The quantitative estimate of drug-likeness (QED) is 0.782. The molecule has 1 aliphatic heterocycles. The summed E-state index contributed by atoms with van der Waals surface area (Å²) in [4.78, 5) is 2.22. The third kappa shape index (κ3) is 2.73. The molecule has 23 heavy (non-hydrogen) atoms. The molecule has 2 aromatic carbocycles. The molecule has 5 heteroatoms. The zero-order chi connectivity index (χ0) is 15.9. The van der Waals surface area contributed by atoms with Gasteiger partial charge in [0.25, 0.3) is 0 Å². The Kier molecular flexibility index (Phi) is 3.39. The van der Waals surface area contributed by atoms with Gasteiger partial charge in [0.05, 0.1) is 11.7 Å². The number of β-amino-alcohol motifs (C(OH)–C–C–N with tert-alkyl or cyclic N) is 1. The summed E-state index contributed by atoms with van der Waals surface area (Å²) >= 11 is 0. The van der Waals surface area contributed by atoms with Crippen LogP contribution in [0.4, 0.5) is 4.39 Å². The fourth-order valence-electron chi connectivity index (χ4n) is 3.34. The highest BCUT2D eigenvalue weighted by molar-refractivity contribution is 5.78. The molecule has 2 N–H and O–H groups in total. The Morgan fingerprint density at radius 1 is 1.22 bits per heavy atom. The van der Waals surface area contributed by atoms with Crippen molar-refractivity contribution in [1.29, 1.82) is 0 Å². The van der Waals surface area contributed by atoms with Crippen LogP contribution in [0.15, 0.2) is 48.7 Å². The highest BCUT2D eigenvalue weighted by atomic mass is 19.1. The van der Waals surface area contributed by atoms with E-state index in [2.05, 4.69) is 33.3 Å². The Labute approximate surface area is 133 Å². The first kappa shape index (κ1) is 14.4. The highest BCUT2D eigenvalue weighted by Gasteiger charge is 2.37. The summed E-state index contributed by atoms with van der Waals surface area (Å²) in [6.07, 6.45) is 2.47. The van der Waals surface area contributed by atoms with Gasteiger partial charge in [-0.2, -0.15) is 5.10 Å². The predicted octanol–water partition coefficient (Wildman–Crippen LogP) is 2.80. The second-order valence-electron chi connectivity index (χ2n) is 6.29. The van der Waals surface area contributed by atoms with E-state index in [9.17, 15) is 9.50 Å². The Morgan fingerprint density at radius 2 is 2.04 bits per heavy atom. The number of aromatic amines is 1. The lowest BCUT2D eigenvalue weighted by atomic mass is 9.93. The Balaban J connectivity index is 1.50. The number of aliphatic hydroxyl groups is 1. The molecule has 0 amide bonds. The van der Waals surface area contributed by atoms with Crippen molar-refractivity contribution in [2.24, 2.45) is 0 Å². The lowest BCUT2D eigenvalue weighted by molar-refractivity contribution is 0.0452. The summed E-state index contributed by atoms with van der Waals surface area (Å²) < 4.78 is 13.1. The van der Waals surface area contributed by atoms with Crippen molar-refractivity contribution in [3.05, 3.63) is 65.6 Å². The van der Waals surface area contributed by atoms with Gasteiger partial charge in [-0.3, -0.25) is 10.00 Å². The van der Waals surface area contributed by atoms with Gasteiger partial charge in [-0.1, -0.05) is 24.3 Å². The van der Waals surface area contributed by atoms with Crippen molar-refractivity contribution < 1.29 is 9.50 Å². The van der Waals surface area contributed by atoms with Crippen LogP contribution in [0.25, 0.3) is 10.9 Å². The summed E-state index contributed by atoms with van der Waals surface area (Å²) in [5, 5.41) is 19.0. The molecular weight excluding hydrogens is 293 g/mol. The minimum absolute atomic E-state index is 0.278. The SMILES string of the molecule is OC1(c2ccc(F)cc2)CCN(Cc2ccc3cn[nH]c3c2)C1. The maximum Gasteiger partial charge on any atom is 0.123 e. The number of likely N-dealkylation sites (tertiary alicyclic amines) is 1. The number of rotatable bonds is 3. The molecule has 1 unspecified atom stereocenters. The predicted molar refractivity (Wildman–Crippen MR) is 86.3 cm³/mol. The van der Waals surface area contributed by atoms with Crippen LogP contribution in [0.2, 0.25) is 0 Å². The fraction of sp³-hybridized carbons (Fsp3) is 0.278. The van der Waals surface area contributed by atoms with E-state index in [1.165, 1.54) is 17.7 Å². The first-order valence-electron chi connectivity index (χ1n) is 7.75. The van der Waals surface area contributed by atoms with Crippen molar-refractivity contribution in [1.82, 2.24) is 15.1 Å². The average molecular weight is 311 g/mol. The molecule has 4 nitrogen and oxygen atoms in total. The Hall–Kier alpha value is -2.24. The minimum atomic E-state index is -0.897. The van der Waals surface area contributed by atoms with Crippen molar-refractivity contribution in [2.75, 3.05) is 13.1 Å². The summed E-state index contributed by atoms with van der Waals surface area (Å²) in [5.41, 5.74) is 2.09. The van der Waals surface area contributed by atoms with Gasteiger partial charge in [-0.25, -0.2) is 4.39 Å². The van der Waals surface area contributed by atoms with Crippen LogP contribution >= 0.6 is 0 Å². The number of hydrogen-bond donors (Lipinski definition) is 2. The van der Waals surface area contributed by atoms with E-state index in [4.69, 9.17) is 0 Å². The number of benzene rings is 2. The summed E-state index contributed by atoms with van der Waals surface area (Å²) in [6.45, 7) is 2.15. The summed E-state index contributed by atoms with van der Waals surface area (Å²) in [7, 11) is 0. The number of nitrogens with zero attached hydrogens (tertiary/aromatic N) is 2. The Morgan fingerprint density at radius 3 is 2.87 bits per heavy atom. The standard InChI is InChI=1S/C18H18FN3O/c19-16-5-3-15(4-6-16)18(23)7-8-22(12-18)11-13-1-2-14-10-20-21-17(14)9-13/h1-6,9-10,23H,7-8,11-12H2,(H,20,21). The van der Waals surface area contributed by atoms with Gasteiger partial charge in [-0.15, -0.1) is 0 Å². The molecule has 118 valence electrons. The molecule has 0 spiro atoms. The average Bonchev–Trinajstić information content (AvgIpc) is 3.15. The van der Waals surface area contributed by atoms with Crippen LogP contribution < -0.4 is 0 Å². The number of fused-ring (bicyclic) bond motifs is 1. The number of nitrogens with one attached hydrogen (secondary N) is 1. The van der Waals surface area contributed by atoms with Crippen LogP contribution in [0.1, 0.15) is 17.5 Å². The molecule has 1 fully saturated rings. The molecule has 0 bridgehead atoms. The van der Waals surface area contributed by atoms with Crippen LogP contribution in [-0.4, -0.2) is 33.3 Å². The van der Waals surface area contributed by atoms with Crippen molar-refractivity contribution in [3.8, 4) is 0 Å². The molecule has 1 atom stereocenters. The number of hydrogen-bond acceptors (Lipinski definition) is 3. The van der Waals surface area contributed by atoms with E-state index in [-0.39, 0.29) is 5.82 Å². The van der Waals surface area contributed by atoms with Crippen molar-refractivity contribution in [3.63, 3.8) is 0 Å². The lowest BCUT2D eigenvalue weighted by Crippen LogP contribution is -2.30. The topological polar surface area (TPSA) is 52.1 Å². The minimum Gasteiger partial charge on any atom is -0.384 e. The zero-order valence-corrected chi connectivity index (χ0v) is 12.7. The third-order valence-electron chi connectivity index (χ3n) is 4.62. The highest BCUT2D eigenvalue weighted by Crippen LogP contribution is 2.32. The second-order valence-corrected chi connectivity index (χ2v) is 6.29. The van der Waals surface area contributed by atoms with E-state index in [0.29, 0.717) is 13.0 Å². The van der Waals surface area contributed by atoms with Crippen molar-refractivity contribution in [2.45, 2.75) is 18.6 Å². The van der Waals surface area contributed by atoms with Crippen LogP contribution in [0.3, 0.4) is 0 Å². The van der Waals surface area contributed by atoms with Crippen LogP contribution in [0, 0.1) is 5.82 Å².